The molecule has 0 radical (unpaired) electrons. The molecule has 0 aliphatic heterocycles. The van der Waals surface area contributed by atoms with Crippen LogP contribution in [0.1, 0.15) is 36.5 Å². The first kappa shape index (κ1) is 22.0. The molecular formula is C21H29NO5S. The maximum Gasteiger partial charge on any atom is 0.240 e. The summed E-state index contributed by atoms with van der Waals surface area (Å²) in [4.78, 5) is 0.282. The van der Waals surface area contributed by atoms with E-state index in [2.05, 4.69) is 4.72 Å². The van der Waals surface area contributed by atoms with Crippen LogP contribution in [0.4, 0.5) is 0 Å². The molecule has 0 aromatic heterocycles. The van der Waals surface area contributed by atoms with Gasteiger partial charge in [-0.3, -0.25) is 0 Å². The Labute approximate surface area is 167 Å². The average molecular weight is 408 g/mol. The average Bonchev–Trinajstić information content (AvgIpc) is 2.66. The summed E-state index contributed by atoms with van der Waals surface area (Å²) in [6.07, 6.45) is 0.534. The number of benzene rings is 2. The number of methoxy groups -OCH3 is 3. The van der Waals surface area contributed by atoms with Crippen molar-refractivity contribution in [1.82, 2.24) is 4.72 Å². The van der Waals surface area contributed by atoms with Crippen molar-refractivity contribution in [3.8, 4) is 17.2 Å². The molecule has 0 saturated carbocycles. The quantitative estimate of drug-likeness (QED) is 0.687. The molecule has 0 spiro atoms. The minimum atomic E-state index is -3.63. The van der Waals surface area contributed by atoms with Crippen molar-refractivity contribution >= 4 is 10.0 Å². The third-order valence-electron chi connectivity index (χ3n) is 4.59. The summed E-state index contributed by atoms with van der Waals surface area (Å²) in [5, 5.41) is 0. The minimum absolute atomic E-state index is 0.149. The van der Waals surface area contributed by atoms with Gasteiger partial charge in [0.1, 0.15) is 5.75 Å². The largest absolute Gasteiger partial charge is 0.496 e. The molecule has 0 unspecified atom stereocenters. The molecule has 0 fully saturated rings. The highest BCUT2D eigenvalue weighted by molar-refractivity contribution is 7.89. The third kappa shape index (κ3) is 4.97. The zero-order valence-electron chi connectivity index (χ0n) is 17.3. The lowest BCUT2D eigenvalue weighted by molar-refractivity contribution is 0.354. The fourth-order valence-corrected chi connectivity index (χ4v) is 4.33. The normalized spacial score (nSPS) is 11.5. The van der Waals surface area contributed by atoms with Crippen molar-refractivity contribution in [3.63, 3.8) is 0 Å². The molecule has 2 rings (SSSR count). The Bertz CT molecular complexity index is 923. The number of nitrogens with one attached hydrogen (secondary N) is 1. The second-order valence-corrected chi connectivity index (χ2v) is 8.59. The highest BCUT2D eigenvalue weighted by atomic mass is 32.2. The van der Waals surface area contributed by atoms with Crippen LogP contribution in [0.15, 0.2) is 35.2 Å². The molecule has 6 nitrogen and oxygen atoms in total. The first-order valence-electron chi connectivity index (χ1n) is 9.12. The maximum atomic E-state index is 12.8. The molecule has 1 N–H and O–H groups in total. The van der Waals surface area contributed by atoms with Crippen LogP contribution in [0.2, 0.25) is 0 Å². The van der Waals surface area contributed by atoms with Gasteiger partial charge in [0.2, 0.25) is 10.0 Å². The summed E-state index contributed by atoms with van der Waals surface area (Å²) in [5.74, 6) is 2.12. The Kier molecular flexibility index (Phi) is 7.32. The highest BCUT2D eigenvalue weighted by Gasteiger charge is 2.20. The summed E-state index contributed by atoms with van der Waals surface area (Å²) in [7, 11) is 1.11. The highest BCUT2D eigenvalue weighted by Crippen LogP contribution is 2.31. The van der Waals surface area contributed by atoms with Crippen LogP contribution in [0, 0.1) is 6.92 Å². The van der Waals surface area contributed by atoms with E-state index >= 15 is 0 Å². The molecule has 154 valence electrons. The second kappa shape index (κ2) is 9.30. The fourth-order valence-electron chi connectivity index (χ4n) is 3.04. The van der Waals surface area contributed by atoms with Crippen molar-refractivity contribution in [2.45, 2.75) is 38.0 Å². The van der Waals surface area contributed by atoms with Gasteiger partial charge in [0.25, 0.3) is 0 Å². The van der Waals surface area contributed by atoms with E-state index in [9.17, 15) is 8.42 Å². The second-order valence-electron chi connectivity index (χ2n) is 6.85. The van der Waals surface area contributed by atoms with Gasteiger partial charge in [-0.25, -0.2) is 13.1 Å². The van der Waals surface area contributed by atoms with Gasteiger partial charge in [-0.2, -0.15) is 0 Å². The molecule has 0 atom stereocenters. The summed E-state index contributed by atoms with van der Waals surface area (Å²) in [6.45, 7) is 6.07. The zero-order valence-corrected chi connectivity index (χ0v) is 18.1. The van der Waals surface area contributed by atoms with E-state index in [4.69, 9.17) is 14.2 Å². The van der Waals surface area contributed by atoms with Crippen molar-refractivity contribution in [2.24, 2.45) is 0 Å². The molecule has 0 bridgehead atoms. The molecule has 28 heavy (non-hydrogen) atoms. The van der Waals surface area contributed by atoms with Crippen LogP contribution >= 0.6 is 0 Å². The minimum Gasteiger partial charge on any atom is -0.496 e. The fraction of sp³-hybridized carbons (Fsp3) is 0.429. The van der Waals surface area contributed by atoms with E-state index in [0.717, 1.165) is 11.1 Å². The van der Waals surface area contributed by atoms with Gasteiger partial charge in [-0.05, 0) is 60.2 Å². The lowest BCUT2D eigenvalue weighted by Gasteiger charge is -2.16. The Morgan fingerprint density at radius 2 is 1.57 bits per heavy atom. The SMILES string of the molecule is COc1ccc(CCNS(=O)(=O)c2cc(C(C)C)c(OC)cc2C)cc1OC. The van der Waals surface area contributed by atoms with Crippen LogP contribution < -0.4 is 18.9 Å². The smallest absolute Gasteiger partial charge is 0.240 e. The third-order valence-corrected chi connectivity index (χ3v) is 6.20. The molecule has 0 amide bonds. The van der Waals surface area contributed by atoms with Gasteiger partial charge in [0.15, 0.2) is 11.5 Å². The van der Waals surface area contributed by atoms with E-state index in [1.165, 1.54) is 0 Å². The van der Waals surface area contributed by atoms with Gasteiger partial charge >= 0.3 is 0 Å². The zero-order chi connectivity index (χ0) is 20.9. The number of aryl methyl sites for hydroxylation is 1. The van der Waals surface area contributed by atoms with Crippen LogP contribution in [-0.2, 0) is 16.4 Å². The number of sulfonamides is 1. The molecule has 7 heteroatoms. The summed E-state index contributed by atoms with van der Waals surface area (Å²) in [5.41, 5.74) is 2.47. The molecular weight excluding hydrogens is 378 g/mol. The van der Waals surface area contributed by atoms with Crippen molar-refractivity contribution < 1.29 is 22.6 Å². The summed E-state index contributed by atoms with van der Waals surface area (Å²) in [6, 6.07) is 9.04. The summed E-state index contributed by atoms with van der Waals surface area (Å²) < 4.78 is 44.3. The standard InChI is InChI=1S/C21H29NO5S/c1-14(2)17-13-21(15(3)11-19(17)26-5)28(23,24)22-10-9-16-7-8-18(25-4)20(12-16)27-6/h7-8,11-14,22H,9-10H2,1-6H3. The Morgan fingerprint density at radius 1 is 0.929 bits per heavy atom. The maximum absolute atomic E-state index is 12.8. The first-order valence-corrected chi connectivity index (χ1v) is 10.6. The van der Waals surface area contributed by atoms with E-state index < -0.39 is 10.0 Å². The molecule has 0 aliphatic rings. The van der Waals surface area contributed by atoms with Gasteiger partial charge in [0, 0.05) is 6.54 Å². The molecule has 0 aliphatic carbocycles. The van der Waals surface area contributed by atoms with E-state index in [0.29, 0.717) is 29.2 Å². The van der Waals surface area contributed by atoms with Crippen molar-refractivity contribution in [1.29, 1.82) is 0 Å². The lowest BCUT2D eigenvalue weighted by Crippen LogP contribution is -2.27. The van der Waals surface area contributed by atoms with Gasteiger partial charge < -0.3 is 14.2 Å². The van der Waals surface area contributed by atoms with Crippen LogP contribution in [0.25, 0.3) is 0 Å². The predicted octanol–water partition coefficient (Wildman–Crippen LogP) is 3.67. The topological polar surface area (TPSA) is 73.9 Å². The molecule has 2 aromatic carbocycles. The lowest BCUT2D eigenvalue weighted by atomic mass is 10.0. The van der Waals surface area contributed by atoms with Crippen LogP contribution in [0.5, 0.6) is 17.2 Å². The summed E-state index contributed by atoms with van der Waals surface area (Å²) >= 11 is 0. The Balaban J connectivity index is 2.17. The van der Waals surface area contributed by atoms with Gasteiger partial charge in [0.05, 0.1) is 26.2 Å². The molecule has 2 aromatic rings. The van der Waals surface area contributed by atoms with E-state index in [-0.39, 0.29) is 17.4 Å². The van der Waals surface area contributed by atoms with Crippen LogP contribution in [-0.4, -0.2) is 36.3 Å². The Morgan fingerprint density at radius 3 is 2.14 bits per heavy atom. The number of hydrogen-bond donors (Lipinski definition) is 1. The van der Waals surface area contributed by atoms with E-state index in [1.54, 1.807) is 40.4 Å². The first-order chi connectivity index (χ1) is 13.2. The van der Waals surface area contributed by atoms with E-state index in [1.807, 2.05) is 32.0 Å². The number of hydrogen-bond acceptors (Lipinski definition) is 5. The van der Waals surface area contributed by atoms with Crippen molar-refractivity contribution in [2.75, 3.05) is 27.9 Å². The monoisotopic (exact) mass is 407 g/mol. The molecule has 0 saturated heterocycles. The Hall–Kier alpha value is -2.25. The predicted molar refractivity (Wildman–Crippen MR) is 110 cm³/mol. The number of rotatable bonds is 9. The van der Waals surface area contributed by atoms with Crippen LogP contribution in [0.3, 0.4) is 0 Å². The number of ether oxygens (including phenoxy) is 3. The molecule has 0 heterocycles. The van der Waals surface area contributed by atoms with Gasteiger partial charge in [-0.1, -0.05) is 19.9 Å². The van der Waals surface area contributed by atoms with Crippen molar-refractivity contribution in [3.05, 3.63) is 47.0 Å². The van der Waals surface area contributed by atoms with Gasteiger partial charge in [-0.15, -0.1) is 0 Å².